The molecule has 1 aliphatic rings. The Hall–Kier alpha value is -1.84. The molecule has 0 spiro atoms. The van der Waals surface area contributed by atoms with Crippen LogP contribution in [-0.4, -0.2) is 25.9 Å². The average molecular weight is 190 g/mol. The monoisotopic (exact) mass is 190 g/mol. The molecule has 72 valence electrons. The molecule has 0 atom stereocenters. The Morgan fingerprint density at radius 1 is 0.929 bits per heavy atom. The van der Waals surface area contributed by atoms with Gasteiger partial charge in [-0.2, -0.15) is 0 Å². The first kappa shape index (κ1) is 8.74. The molecular weight excluding hydrogens is 180 g/mol. The van der Waals surface area contributed by atoms with Crippen molar-refractivity contribution in [2.75, 3.05) is 22.9 Å². The Morgan fingerprint density at radius 3 is 1.71 bits per heavy atom. The number of para-hydroxylation sites is 2. The topological polar surface area (TPSA) is 40.6 Å². The molecule has 1 heterocycles. The number of carbonyl (C=O) groups is 2. The van der Waals surface area contributed by atoms with E-state index in [1.54, 1.807) is 9.80 Å². The highest BCUT2D eigenvalue weighted by Gasteiger charge is 2.20. The Morgan fingerprint density at radius 2 is 1.36 bits per heavy atom. The summed E-state index contributed by atoms with van der Waals surface area (Å²) in [7, 11) is 0. The summed E-state index contributed by atoms with van der Waals surface area (Å²) in [5.74, 6) is 0. The van der Waals surface area contributed by atoms with Crippen LogP contribution in [0.1, 0.15) is 0 Å². The van der Waals surface area contributed by atoms with E-state index in [0.717, 1.165) is 24.2 Å². The summed E-state index contributed by atoms with van der Waals surface area (Å²) in [6.07, 6.45) is 1.59. The van der Waals surface area contributed by atoms with Crippen LogP contribution in [0.15, 0.2) is 24.3 Å². The quantitative estimate of drug-likeness (QED) is 0.641. The molecule has 0 aliphatic carbocycles. The third-order valence-electron chi connectivity index (χ3n) is 2.34. The summed E-state index contributed by atoms with van der Waals surface area (Å²) in [6, 6.07) is 7.37. The molecule has 2 rings (SSSR count). The number of carbonyl (C=O) groups excluding carboxylic acids is 2. The molecule has 0 radical (unpaired) electrons. The van der Waals surface area contributed by atoms with Gasteiger partial charge in [0, 0.05) is 13.1 Å². The molecule has 1 aliphatic heterocycles. The van der Waals surface area contributed by atoms with E-state index in [0.29, 0.717) is 13.1 Å². The number of nitrogens with zero attached hydrogens (tertiary/aromatic N) is 2. The molecular formula is C10H10N2O2. The minimum absolute atomic E-state index is 0.555. The highest BCUT2D eigenvalue weighted by molar-refractivity contribution is 5.91. The van der Waals surface area contributed by atoms with Crippen molar-refractivity contribution >= 4 is 24.2 Å². The minimum atomic E-state index is 0.555. The van der Waals surface area contributed by atoms with Gasteiger partial charge in [-0.15, -0.1) is 0 Å². The Bertz CT molecular complexity index is 330. The van der Waals surface area contributed by atoms with Gasteiger partial charge in [-0.3, -0.25) is 9.59 Å². The molecule has 1 aromatic carbocycles. The molecule has 0 aromatic heterocycles. The molecule has 4 heteroatoms. The van der Waals surface area contributed by atoms with Gasteiger partial charge in [0.2, 0.25) is 12.8 Å². The summed E-state index contributed by atoms with van der Waals surface area (Å²) in [5, 5.41) is 0. The third-order valence-corrected chi connectivity index (χ3v) is 2.34. The maximum Gasteiger partial charge on any atom is 0.214 e. The largest absolute Gasteiger partial charge is 0.311 e. The first-order chi connectivity index (χ1) is 6.86. The zero-order valence-corrected chi connectivity index (χ0v) is 7.59. The number of anilines is 2. The van der Waals surface area contributed by atoms with E-state index in [-0.39, 0.29) is 0 Å². The van der Waals surface area contributed by atoms with Crippen molar-refractivity contribution in [2.45, 2.75) is 0 Å². The van der Waals surface area contributed by atoms with Crippen LogP contribution >= 0.6 is 0 Å². The third kappa shape index (κ3) is 1.25. The molecule has 0 N–H and O–H groups in total. The van der Waals surface area contributed by atoms with Crippen LogP contribution in [0.5, 0.6) is 0 Å². The zero-order chi connectivity index (χ0) is 9.97. The van der Waals surface area contributed by atoms with Gasteiger partial charge in [-0.25, -0.2) is 0 Å². The van der Waals surface area contributed by atoms with E-state index in [1.165, 1.54) is 0 Å². The van der Waals surface area contributed by atoms with Crippen LogP contribution in [0.3, 0.4) is 0 Å². The molecule has 4 nitrogen and oxygen atoms in total. The average Bonchev–Trinajstić information content (AvgIpc) is 2.27. The molecule has 0 saturated heterocycles. The number of hydrogen-bond donors (Lipinski definition) is 0. The van der Waals surface area contributed by atoms with Gasteiger partial charge in [0.25, 0.3) is 0 Å². The lowest BCUT2D eigenvalue weighted by Gasteiger charge is -2.32. The number of rotatable bonds is 2. The highest BCUT2D eigenvalue weighted by Crippen LogP contribution is 2.30. The van der Waals surface area contributed by atoms with Crippen molar-refractivity contribution in [3.63, 3.8) is 0 Å². The van der Waals surface area contributed by atoms with Crippen molar-refractivity contribution in [1.82, 2.24) is 0 Å². The second kappa shape index (κ2) is 3.49. The second-order valence-electron chi connectivity index (χ2n) is 3.09. The molecule has 14 heavy (non-hydrogen) atoms. The minimum Gasteiger partial charge on any atom is -0.311 e. The van der Waals surface area contributed by atoms with E-state index in [2.05, 4.69) is 0 Å². The lowest BCUT2D eigenvalue weighted by atomic mass is 10.2. The van der Waals surface area contributed by atoms with Crippen LogP contribution in [0, 0.1) is 0 Å². The fraction of sp³-hybridized carbons (Fsp3) is 0.200. The Balaban J connectivity index is 2.48. The van der Waals surface area contributed by atoms with Gasteiger partial charge in [0.15, 0.2) is 0 Å². The summed E-state index contributed by atoms with van der Waals surface area (Å²) in [5.41, 5.74) is 1.58. The Labute approximate surface area is 81.7 Å². The summed E-state index contributed by atoms with van der Waals surface area (Å²) >= 11 is 0. The van der Waals surface area contributed by atoms with E-state index in [1.807, 2.05) is 24.3 Å². The van der Waals surface area contributed by atoms with Gasteiger partial charge >= 0.3 is 0 Å². The zero-order valence-electron chi connectivity index (χ0n) is 7.59. The van der Waals surface area contributed by atoms with Crippen LogP contribution in [0.2, 0.25) is 0 Å². The smallest absolute Gasteiger partial charge is 0.214 e. The SMILES string of the molecule is O=CN1CCN(C=O)c2ccccc21. The van der Waals surface area contributed by atoms with Gasteiger partial charge in [-0.05, 0) is 12.1 Å². The van der Waals surface area contributed by atoms with Crippen LogP contribution in [0.25, 0.3) is 0 Å². The summed E-state index contributed by atoms with van der Waals surface area (Å²) in [6.45, 7) is 1.11. The van der Waals surface area contributed by atoms with E-state index in [4.69, 9.17) is 0 Å². The van der Waals surface area contributed by atoms with Crippen molar-refractivity contribution in [1.29, 1.82) is 0 Å². The molecule has 0 unspecified atom stereocenters. The highest BCUT2D eigenvalue weighted by atomic mass is 16.1. The normalized spacial score (nSPS) is 14.9. The molecule has 1 aromatic rings. The van der Waals surface area contributed by atoms with Gasteiger partial charge in [0.05, 0.1) is 11.4 Å². The number of benzene rings is 1. The van der Waals surface area contributed by atoms with Gasteiger partial charge < -0.3 is 9.80 Å². The van der Waals surface area contributed by atoms with Crippen LogP contribution in [0.4, 0.5) is 11.4 Å². The fourth-order valence-electron chi connectivity index (χ4n) is 1.63. The lowest BCUT2D eigenvalue weighted by molar-refractivity contribution is -0.109. The predicted molar refractivity (Wildman–Crippen MR) is 53.3 cm³/mol. The fourth-order valence-corrected chi connectivity index (χ4v) is 1.63. The van der Waals surface area contributed by atoms with Crippen LogP contribution < -0.4 is 9.80 Å². The predicted octanol–water partition coefficient (Wildman–Crippen LogP) is 0.626. The van der Waals surface area contributed by atoms with Crippen molar-refractivity contribution in [2.24, 2.45) is 0 Å². The second-order valence-corrected chi connectivity index (χ2v) is 3.09. The molecule has 0 bridgehead atoms. The maximum absolute atomic E-state index is 10.7. The van der Waals surface area contributed by atoms with Crippen molar-refractivity contribution in [3.05, 3.63) is 24.3 Å². The first-order valence-electron chi connectivity index (χ1n) is 4.39. The van der Waals surface area contributed by atoms with E-state index >= 15 is 0 Å². The summed E-state index contributed by atoms with van der Waals surface area (Å²) in [4.78, 5) is 24.7. The maximum atomic E-state index is 10.7. The van der Waals surface area contributed by atoms with E-state index in [9.17, 15) is 9.59 Å². The molecule has 0 fully saturated rings. The summed E-state index contributed by atoms with van der Waals surface area (Å²) < 4.78 is 0. The first-order valence-corrected chi connectivity index (χ1v) is 4.39. The van der Waals surface area contributed by atoms with Crippen LogP contribution in [-0.2, 0) is 9.59 Å². The standard InChI is InChI=1S/C10H10N2O2/c13-7-11-5-6-12(8-14)10-4-2-1-3-9(10)11/h1-4,7-8H,5-6H2. The number of hydrogen-bond acceptors (Lipinski definition) is 2. The van der Waals surface area contributed by atoms with Crippen molar-refractivity contribution in [3.8, 4) is 0 Å². The van der Waals surface area contributed by atoms with E-state index < -0.39 is 0 Å². The van der Waals surface area contributed by atoms with Crippen molar-refractivity contribution < 1.29 is 9.59 Å². The lowest BCUT2D eigenvalue weighted by Crippen LogP contribution is -2.39. The van der Waals surface area contributed by atoms with Gasteiger partial charge in [0.1, 0.15) is 0 Å². The molecule has 0 saturated carbocycles. The molecule has 2 amide bonds. The number of fused-ring (bicyclic) bond motifs is 1. The van der Waals surface area contributed by atoms with Gasteiger partial charge in [-0.1, -0.05) is 12.1 Å². The number of amides is 2. The Kier molecular flexibility index (Phi) is 2.18.